The van der Waals surface area contributed by atoms with E-state index in [1.807, 2.05) is 12.1 Å². The number of aryl methyl sites for hydroxylation is 2. The number of H-pyrrole nitrogens is 2. The lowest BCUT2D eigenvalue weighted by atomic mass is 9.95. The van der Waals surface area contributed by atoms with Gasteiger partial charge in [0, 0.05) is 0 Å². The lowest BCUT2D eigenvalue weighted by Crippen LogP contribution is -1.90. The van der Waals surface area contributed by atoms with Crippen LogP contribution in [0.5, 0.6) is 0 Å². The van der Waals surface area contributed by atoms with Crippen LogP contribution in [0.25, 0.3) is 33.2 Å². The molecule has 2 heterocycles. The zero-order chi connectivity index (χ0) is 13.7. The van der Waals surface area contributed by atoms with Crippen molar-refractivity contribution in [1.29, 1.82) is 0 Å². The molecule has 0 saturated heterocycles. The first-order valence-corrected chi connectivity index (χ1v) is 6.36. The van der Waals surface area contributed by atoms with Crippen LogP contribution in [0, 0.1) is 13.8 Å². The van der Waals surface area contributed by atoms with E-state index in [0.29, 0.717) is 0 Å². The third-order valence-electron chi connectivity index (χ3n) is 3.77. The molecule has 0 aliphatic rings. The Hall–Kier alpha value is -2.76. The van der Waals surface area contributed by atoms with Crippen LogP contribution in [0.3, 0.4) is 0 Å². The molecule has 0 saturated carbocycles. The number of aromatic nitrogens is 6. The molecule has 0 fully saturated rings. The molecule has 2 N–H and O–H groups in total. The lowest BCUT2D eigenvalue weighted by molar-refractivity contribution is 0.958. The number of hydrogen-bond donors (Lipinski definition) is 2. The van der Waals surface area contributed by atoms with Crippen LogP contribution in [-0.4, -0.2) is 30.8 Å². The van der Waals surface area contributed by atoms with E-state index in [2.05, 4.69) is 56.8 Å². The molecular weight excluding hydrogens is 252 g/mol. The molecule has 0 aliphatic carbocycles. The molecule has 0 bridgehead atoms. The summed E-state index contributed by atoms with van der Waals surface area (Å²) in [6.45, 7) is 4.12. The maximum atomic E-state index is 4.22. The van der Waals surface area contributed by atoms with Gasteiger partial charge in [-0.05, 0) is 48.2 Å². The van der Waals surface area contributed by atoms with E-state index < -0.39 is 0 Å². The van der Waals surface area contributed by atoms with Crippen LogP contribution in [0.1, 0.15) is 11.1 Å². The van der Waals surface area contributed by atoms with Crippen LogP contribution in [-0.2, 0) is 0 Å². The highest BCUT2D eigenvalue weighted by molar-refractivity contribution is 5.91. The Balaban J connectivity index is 2.05. The van der Waals surface area contributed by atoms with Crippen molar-refractivity contribution in [1.82, 2.24) is 30.8 Å². The van der Waals surface area contributed by atoms with Gasteiger partial charge in [0.25, 0.3) is 0 Å². The number of fused-ring (bicyclic) bond motifs is 2. The highest BCUT2D eigenvalue weighted by atomic mass is 15.3. The first-order valence-electron chi connectivity index (χ1n) is 6.36. The van der Waals surface area contributed by atoms with E-state index in [1.165, 1.54) is 0 Å². The van der Waals surface area contributed by atoms with Crippen molar-refractivity contribution >= 4 is 22.1 Å². The highest BCUT2D eigenvalue weighted by Crippen LogP contribution is 2.32. The smallest absolute Gasteiger partial charge is 0.116 e. The topological polar surface area (TPSA) is 83.1 Å². The van der Waals surface area contributed by atoms with E-state index in [9.17, 15) is 0 Å². The van der Waals surface area contributed by atoms with Gasteiger partial charge in [0.15, 0.2) is 0 Å². The van der Waals surface area contributed by atoms with Crippen molar-refractivity contribution in [3.8, 4) is 11.1 Å². The number of aromatic amines is 2. The summed E-state index contributed by atoms with van der Waals surface area (Å²) in [4.78, 5) is 0. The molecule has 0 atom stereocenters. The van der Waals surface area contributed by atoms with Crippen LogP contribution < -0.4 is 0 Å². The van der Waals surface area contributed by atoms with E-state index in [1.54, 1.807) is 0 Å². The summed E-state index contributed by atoms with van der Waals surface area (Å²) in [5.74, 6) is 0. The molecule has 6 nitrogen and oxygen atoms in total. The number of nitrogens with one attached hydrogen (secondary N) is 2. The normalized spacial score (nSPS) is 11.5. The molecule has 2 aromatic carbocycles. The van der Waals surface area contributed by atoms with Gasteiger partial charge < -0.3 is 0 Å². The molecule has 0 spiro atoms. The second-order valence-corrected chi connectivity index (χ2v) is 4.86. The van der Waals surface area contributed by atoms with Crippen LogP contribution in [0.15, 0.2) is 24.3 Å². The zero-order valence-electron chi connectivity index (χ0n) is 11.1. The third-order valence-corrected chi connectivity index (χ3v) is 3.77. The first kappa shape index (κ1) is 11.1. The third kappa shape index (κ3) is 1.38. The fourth-order valence-electron chi connectivity index (χ4n) is 2.68. The minimum Gasteiger partial charge on any atom is -0.197 e. The standard InChI is InChI=1S/C14H12N6/c1-7-9(3-5-11-13(7)17-19-15-11)10-4-6-12-14(8(10)2)18-20-16-12/h3-6H,1-2H3,(H,15,17,19)(H,16,18,20). The first-order chi connectivity index (χ1) is 9.75. The molecule has 0 unspecified atom stereocenters. The summed E-state index contributed by atoms with van der Waals surface area (Å²) >= 11 is 0. The highest BCUT2D eigenvalue weighted by Gasteiger charge is 2.13. The monoisotopic (exact) mass is 264 g/mol. The molecule has 0 radical (unpaired) electrons. The van der Waals surface area contributed by atoms with Gasteiger partial charge in [-0.2, -0.15) is 30.8 Å². The van der Waals surface area contributed by atoms with E-state index >= 15 is 0 Å². The summed E-state index contributed by atoms with van der Waals surface area (Å²) in [5, 5.41) is 22.0. The van der Waals surface area contributed by atoms with Crippen LogP contribution in [0.4, 0.5) is 0 Å². The Bertz CT molecular complexity index is 855. The van der Waals surface area contributed by atoms with Crippen molar-refractivity contribution in [2.75, 3.05) is 0 Å². The van der Waals surface area contributed by atoms with Crippen LogP contribution in [0.2, 0.25) is 0 Å². The second-order valence-electron chi connectivity index (χ2n) is 4.86. The number of rotatable bonds is 1. The molecular formula is C14H12N6. The minimum absolute atomic E-state index is 0.881. The molecule has 0 amide bonds. The van der Waals surface area contributed by atoms with Crippen LogP contribution >= 0.6 is 0 Å². The predicted molar refractivity (Wildman–Crippen MR) is 76.2 cm³/mol. The van der Waals surface area contributed by atoms with Gasteiger partial charge in [-0.1, -0.05) is 12.1 Å². The van der Waals surface area contributed by atoms with Crippen molar-refractivity contribution in [2.24, 2.45) is 0 Å². The second kappa shape index (κ2) is 3.86. The van der Waals surface area contributed by atoms with E-state index in [-0.39, 0.29) is 0 Å². The van der Waals surface area contributed by atoms with Gasteiger partial charge in [-0.25, -0.2) is 0 Å². The number of benzene rings is 2. The number of hydrogen-bond acceptors (Lipinski definition) is 4. The Labute approximate surface area is 114 Å². The van der Waals surface area contributed by atoms with Gasteiger partial charge in [-0.15, -0.1) is 0 Å². The summed E-state index contributed by atoms with van der Waals surface area (Å²) in [5.41, 5.74) is 8.09. The fourth-order valence-corrected chi connectivity index (χ4v) is 2.68. The summed E-state index contributed by atoms with van der Waals surface area (Å²) in [6.07, 6.45) is 0. The minimum atomic E-state index is 0.881. The number of nitrogens with zero attached hydrogens (tertiary/aromatic N) is 4. The molecule has 6 heteroatoms. The SMILES string of the molecule is Cc1c(-c2ccc3n[nH]nc3c2C)ccc2n[nH]nc12. The quantitative estimate of drug-likeness (QED) is 0.553. The molecule has 4 rings (SSSR count). The van der Waals surface area contributed by atoms with Crippen molar-refractivity contribution < 1.29 is 0 Å². The van der Waals surface area contributed by atoms with Crippen molar-refractivity contribution in [2.45, 2.75) is 13.8 Å². The average Bonchev–Trinajstić information content (AvgIpc) is 3.09. The van der Waals surface area contributed by atoms with Crippen molar-refractivity contribution in [3.05, 3.63) is 35.4 Å². The van der Waals surface area contributed by atoms with Gasteiger partial charge >= 0.3 is 0 Å². The summed E-state index contributed by atoms with van der Waals surface area (Å²) in [7, 11) is 0. The maximum absolute atomic E-state index is 4.22. The fraction of sp³-hybridized carbons (Fsp3) is 0.143. The Morgan fingerprint density at radius 3 is 1.55 bits per heavy atom. The Kier molecular flexibility index (Phi) is 2.14. The van der Waals surface area contributed by atoms with Crippen molar-refractivity contribution in [3.63, 3.8) is 0 Å². The van der Waals surface area contributed by atoms with E-state index in [0.717, 1.165) is 44.3 Å². The Morgan fingerprint density at radius 2 is 1.10 bits per heavy atom. The largest absolute Gasteiger partial charge is 0.197 e. The lowest BCUT2D eigenvalue weighted by Gasteiger charge is -2.09. The molecule has 2 aromatic heterocycles. The maximum Gasteiger partial charge on any atom is 0.116 e. The summed E-state index contributed by atoms with van der Waals surface area (Å²) in [6, 6.07) is 8.12. The zero-order valence-corrected chi connectivity index (χ0v) is 11.1. The molecule has 20 heavy (non-hydrogen) atoms. The average molecular weight is 264 g/mol. The molecule has 4 aromatic rings. The van der Waals surface area contributed by atoms with E-state index in [4.69, 9.17) is 0 Å². The van der Waals surface area contributed by atoms with Gasteiger partial charge in [0.2, 0.25) is 0 Å². The van der Waals surface area contributed by atoms with Gasteiger partial charge in [0.1, 0.15) is 22.1 Å². The van der Waals surface area contributed by atoms with Gasteiger partial charge in [-0.3, -0.25) is 0 Å². The molecule has 98 valence electrons. The molecule has 0 aliphatic heterocycles. The van der Waals surface area contributed by atoms with Gasteiger partial charge in [0.05, 0.1) is 0 Å². The Morgan fingerprint density at radius 1 is 0.650 bits per heavy atom. The summed E-state index contributed by atoms with van der Waals surface area (Å²) < 4.78 is 0. The predicted octanol–water partition coefficient (Wildman–Crippen LogP) is 2.51.